The molecule has 1 aromatic heterocycles. The van der Waals surface area contributed by atoms with Gasteiger partial charge in [0, 0.05) is 17.3 Å². The predicted molar refractivity (Wildman–Crippen MR) is 80.5 cm³/mol. The van der Waals surface area contributed by atoms with Crippen LogP contribution >= 0.6 is 23.2 Å². The smallest absolute Gasteiger partial charge is 0.251 e. The summed E-state index contributed by atoms with van der Waals surface area (Å²) in [6, 6.07) is 5.81. The zero-order chi connectivity index (χ0) is 15.6. The van der Waals surface area contributed by atoms with E-state index in [1.165, 1.54) is 13.0 Å². The van der Waals surface area contributed by atoms with E-state index in [1.54, 1.807) is 12.1 Å². The lowest BCUT2D eigenvalue weighted by Gasteiger charge is -2.15. The average molecular weight is 329 g/mol. The van der Waals surface area contributed by atoms with Crippen molar-refractivity contribution in [1.29, 1.82) is 0 Å². The minimum absolute atomic E-state index is 0.312. The molecule has 1 N–H and O–H groups in total. The van der Waals surface area contributed by atoms with Gasteiger partial charge in [0.1, 0.15) is 11.9 Å². The first-order chi connectivity index (χ1) is 9.88. The Bertz CT molecular complexity index is 746. The SMILES string of the molecule is CC(C(=O)Nc1cc(Cl)ccc1Cl)n1cc(F)ccc1=O. The summed E-state index contributed by atoms with van der Waals surface area (Å²) in [6.07, 6.45) is 0.978. The van der Waals surface area contributed by atoms with Crippen LogP contribution in [0.5, 0.6) is 0 Å². The highest BCUT2D eigenvalue weighted by Crippen LogP contribution is 2.26. The molecule has 4 nitrogen and oxygen atoms in total. The molecule has 1 heterocycles. The number of carbonyl (C=O) groups excluding carboxylic acids is 1. The number of halogens is 3. The minimum Gasteiger partial charge on any atom is -0.323 e. The lowest BCUT2D eigenvalue weighted by Crippen LogP contribution is -2.31. The summed E-state index contributed by atoms with van der Waals surface area (Å²) in [6.45, 7) is 1.48. The molecule has 2 rings (SSSR count). The van der Waals surface area contributed by atoms with Crippen molar-refractivity contribution in [3.63, 3.8) is 0 Å². The molecule has 1 amide bonds. The van der Waals surface area contributed by atoms with Crippen molar-refractivity contribution >= 4 is 34.8 Å². The Morgan fingerprint density at radius 1 is 1.29 bits per heavy atom. The predicted octanol–water partition coefficient (Wildman–Crippen LogP) is 3.49. The highest BCUT2D eigenvalue weighted by molar-refractivity contribution is 6.35. The second-order valence-electron chi connectivity index (χ2n) is 4.38. The molecule has 0 bridgehead atoms. The van der Waals surface area contributed by atoms with Gasteiger partial charge in [-0.3, -0.25) is 9.59 Å². The van der Waals surface area contributed by atoms with E-state index in [4.69, 9.17) is 23.2 Å². The number of aromatic nitrogens is 1. The zero-order valence-electron chi connectivity index (χ0n) is 10.9. The third-order valence-corrected chi connectivity index (χ3v) is 3.45. The molecular weight excluding hydrogens is 318 g/mol. The van der Waals surface area contributed by atoms with E-state index in [1.807, 2.05) is 0 Å². The van der Waals surface area contributed by atoms with Crippen molar-refractivity contribution in [3.05, 3.63) is 62.7 Å². The lowest BCUT2D eigenvalue weighted by molar-refractivity contribution is -0.118. The van der Waals surface area contributed by atoms with Crippen LogP contribution in [0, 0.1) is 5.82 Å². The Morgan fingerprint density at radius 2 is 2.00 bits per heavy atom. The fourth-order valence-corrected chi connectivity index (χ4v) is 2.07. The number of nitrogens with zero attached hydrogens (tertiary/aromatic N) is 1. The standard InChI is InChI=1S/C14H11Cl2FN2O2/c1-8(19-7-10(17)3-5-13(19)20)14(21)18-12-6-9(15)2-4-11(12)16/h2-8H,1H3,(H,18,21). The van der Waals surface area contributed by atoms with Gasteiger partial charge in [-0.25, -0.2) is 4.39 Å². The maximum absolute atomic E-state index is 13.2. The van der Waals surface area contributed by atoms with Crippen LogP contribution in [0.25, 0.3) is 0 Å². The molecule has 0 aliphatic heterocycles. The van der Waals surface area contributed by atoms with E-state index in [-0.39, 0.29) is 0 Å². The number of pyridine rings is 1. The molecule has 110 valence electrons. The largest absolute Gasteiger partial charge is 0.323 e. The first-order valence-corrected chi connectivity index (χ1v) is 6.77. The van der Waals surface area contributed by atoms with Gasteiger partial charge in [-0.05, 0) is 31.2 Å². The maximum Gasteiger partial charge on any atom is 0.251 e. The Labute approximate surface area is 130 Å². The van der Waals surface area contributed by atoms with E-state index < -0.39 is 23.3 Å². The number of amides is 1. The van der Waals surface area contributed by atoms with E-state index in [0.717, 1.165) is 22.9 Å². The van der Waals surface area contributed by atoms with Gasteiger partial charge >= 0.3 is 0 Å². The third kappa shape index (κ3) is 3.62. The molecule has 2 aromatic rings. The Kier molecular flexibility index (Phi) is 4.65. The van der Waals surface area contributed by atoms with Gasteiger partial charge in [-0.2, -0.15) is 0 Å². The quantitative estimate of drug-likeness (QED) is 0.937. The van der Waals surface area contributed by atoms with Crippen LogP contribution in [0.3, 0.4) is 0 Å². The van der Waals surface area contributed by atoms with Crippen LogP contribution in [0.15, 0.2) is 41.3 Å². The summed E-state index contributed by atoms with van der Waals surface area (Å²) < 4.78 is 14.2. The van der Waals surface area contributed by atoms with Crippen LogP contribution < -0.4 is 10.9 Å². The van der Waals surface area contributed by atoms with Crippen molar-refractivity contribution in [3.8, 4) is 0 Å². The first-order valence-electron chi connectivity index (χ1n) is 6.02. The monoisotopic (exact) mass is 328 g/mol. The number of nitrogens with one attached hydrogen (secondary N) is 1. The molecule has 7 heteroatoms. The number of hydrogen-bond donors (Lipinski definition) is 1. The molecule has 1 atom stereocenters. The first kappa shape index (κ1) is 15.5. The molecule has 0 aliphatic carbocycles. The number of hydrogen-bond acceptors (Lipinski definition) is 2. The van der Waals surface area contributed by atoms with Crippen LogP contribution in [-0.4, -0.2) is 10.5 Å². The van der Waals surface area contributed by atoms with E-state index in [2.05, 4.69) is 5.32 Å². The average Bonchev–Trinajstić information content (AvgIpc) is 2.44. The van der Waals surface area contributed by atoms with Crippen molar-refractivity contribution < 1.29 is 9.18 Å². The topological polar surface area (TPSA) is 51.1 Å². The van der Waals surface area contributed by atoms with Crippen LogP contribution in [0.4, 0.5) is 10.1 Å². The van der Waals surface area contributed by atoms with Crippen LogP contribution in [-0.2, 0) is 4.79 Å². The van der Waals surface area contributed by atoms with Gasteiger partial charge in [0.05, 0.1) is 10.7 Å². The van der Waals surface area contributed by atoms with Gasteiger partial charge in [-0.1, -0.05) is 23.2 Å². The normalized spacial score (nSPS) is 12.0. The van der Waals surface area contributed by atoms with E-state index >= 15 is 0 Å². The summed E-state index contributed by atoms with van der Waals surface area (Å²) in [5, 5.41) is 3.28. The molecule has 0 saturated heterocycles. The summed E-state index contributed by atoms with van der Waals surface area (Å²) in [5.41, 5.74) is -0.151. The zero-order valence-corrected chi connectivity index (χ0v) is 12.5. The highest BCUT2D eigenvalue weighted by Gasteiger charge is 2.17. The van der Waals surface area contributed by atoms with Crippen molar-refractivity contribution in [2.24, 2.45) is 0 Å². The van der Waals surface area contributed by atoms with Crippen LogP contribution in [0.2, 0.25) is 10.0 Å². The molecule has 1 aromatic carbocycles. The van der Waals surface area contributed by atoms with Gasteiger partial charge in [-0.15, -0.1) is 0 Å². The molecule has 0 spiro atoms. The molecular formula is C14H11Cl2FN2O2. The van der Waals surface area contributed by atoms with Crippen molar-refractivity contribution in [1.82, 2.24) is 4.57 Å². The minimum atomic E-state index is -0.900. The Morgan fingerprint density at radius 3 is 2.71 bits per heavy atom. The second kappa shape index (κ2) is 6.28. The molecule has 0 aliphatic rings. The fourth-order valence-electron chi connectivity index (χ4n) is 1.74. The molecule has 1 unspecified atom stereocenters. The second-order valence-corrected chi connectivity index (χ2v) is 5.23. The molecule has 0 saturated carbocycles. The summed E-state index contributed by atoms with van der Waals surface area (Å²) in [7, 11) is 0. The summed E-state index contributed by atoms with van der Waals surface area (Å²) >= 11 is 11.8. The Hall–Kier alpha value is -1.85. The van der Waals surface area contributed by atoms with Gasteiger partial charge in [0.2, 0.25) is 5.91 Å². The Balaban J connectivity index is 2.25. The summed E-state index contributed by atoms with van der Waals surface area (Å²) in [5.74, 6) is -1.11. The van der Waals surface area contributed by atoms with E-state index in [0.29, 0.717) is 15.7 Å². The van der Waals surface area contributed by atoms with Gasteiger partial charge in [0.25, 0.3) is 5.56 Å². The molecule has 21 heavy (non-hydrogen) atoms. The third-order valence-electron chi connectivity index (χ3n) is 2.89. The molecule has 0 fully saturated rings. The summed E-state index contributed by atoms with van der Waals surface area (Å²) in [4.78, 5) is 23.8. The van der Waals surface area contributed by atoms with E-state index in [9.17, 15) is 14.0 Å². The highest BCUT2D eigenvalue weighted by atomic mass is 35.5. The lowest BCUT2D eigenvalue weighted by atomic mass is 10.2. The van der Waals surface area contributed by atoms with Gasteiger partial charge < -0.3 is 9.88 Å². The number of rotatable bonds is 3. The van der Waals surface area contributed by atoms with Gasteiger partial charge in [0.15, 0.2) is 0 Å². The maximum atomic E-state index is 13.2. The fraction of sp³-hybridized carbons (Fsp3) is 0.143. The van der Waals surface area contributed by atoms with Crippen molar-refractivity contribution in [2.75, 3.05) is 5.32 Å². The number of anilines is 1. The molecule has 0 radical (unpaired) electrons. The van der Waals surface area contributed by atoms with Crippen LogP contribution in [0.1, 0.15) is 13.0 Å². The van der Waals surface area contributed by atoms with Crippen molar-refractivity contribution in [2.45, 2.75) is 13.0 Å². The number of benzene rings is 1. The number of carbonyl (C=O) groups is 1.